The lowest BCUT2D eigenvalue weighted by Gasteiger charge is -2.39. The van der Waals surface area contributed by atoms with E-state index in [-0.39, 0.29) is 12.1 Å². The molecule has 19 heavy (non-hydrogen) atoms. The first-order valence-corrected chi connectivity index (χ1v) is 7.92. The molecule has 106 valence electrons. The molecule has 4 heteroatoms. The molecule has 0 amide bonds. The van der Waals surface area contributed by atoms with E-state index < -0.39 is 0 Å². The third-order valence-electron chi connectivity index (χ3n) is 3.62. The molecule has 3 atom stereocenters. The van der Waals surface area contributed by atoms with Gasteiger partial charge in [0.2, 0.25) is 0 Å². The Balaban J connectivity index is 2.29. The second-order valence-electron chi connectivity index (χ2n) is 5.22. The molecule has 1 saturated heterocycles. The van der Waals surface area contributed by atoms with Gasteiger partial charge in [-0.25, -0.2) is 0 Å². The van der Waals surface area contributed by atoms with Crippen LogP contribution in [0.15, 0.2) is 24.3 Å². The van der Waals surface area contributed by atoms with Crippen molar-refractivity contribution < 1.29 is 4.74 Å². The van der Waals surface area contributed by atoms with Crippen molar-refractivity contribution in [2.24, 2.45) is 5.73 Å². The number of benzene rings is 1. The second-order valence-corrected chi connectivity index (χ2v) is 6.77. The summed E-state index contributed by atoms with van der Waals surface area (Å²) in [5, 5.41) is 0.671. The third-order valence-corrected chi connectivity index (χ3v) is 4.76. The lowest BCUT2D eigenvalue weighted by atomic mass is 9.97. The molecule has 2 N–H and O–H groups in total. The van der Waals surface area contributed by atoms with Crippen molar-refractivity contribution in [2.45, 2.75) is 31.2 Å². The maximum Gasteiger partial charge on any atom is 0.123 e. The molecule has 1 heterocycles. The van der Waals surface area contributed by atoms with Gasteiger partial charge in [-0.05, 0) is 13.0 Å². The smallest absolute Gasteiger partial charge is 0.123 e. The summed E-state index contributed by atoms with van der Waals surface area (Å²) in [5.41, 5.74) is 7.47. The van der Waals surface area contributed by atoms with Gasteiger partial charge in [-0.15, -0.1) is 0 Å². The van der Waals surface area contributed by atoms with Gasteiger partial charge >= 0.3 is 0 Å². The summed E-state index contributed by atoms with van der Waals surface area (Å²) in [5.74, 6) is 2.12. The molecule has 1 aliphatic rings. The maximum absolute atomic E-state index is 6.26. The number of thioether (sulfide) groups is 1. The normalized spacial score (nSPS) is 23.9. The number of nitrogens with two attached hydrogens (primary N) is 1. The molecule has 2 rings (SSSR count). The zero-order valence-electron chi connectivity index (χ0n) is 12.0. The second kappa shape index (κ2) is 6.64. The van der Waals surface area contributed by atoms with Crippen molar-refractivity contribution >= 4 is 11.8 Å². The highest BCUT2D eigenvalue weighted by molar-refractivity contribution is 7.99. The Bertz CT molecular complexity index is 411. The third kappa shape index (κ3) is 3.44. The number of nitrogens with zero attached hydrogens (tertiary/aromatic N) is 1. The Kier molecular flexibility index (Phi) is 5.13. The molecule has 1 aliphatic heterocycles. The lowest BCUT2D eigenvalue weighted by Crippen LogP contribution is -2.45. The monoisotopic (exact) mass is 280 g/mol. The summed E-state index contributed by atoms with van der Waals surface area (Å²) in [6.07, 6.45) is 0. The van der Waals surface area contributed by atoms with Crippen molar-refractivity contribution in [1.82, 2.24) is 4.90 Å². The van der Waals surface area contributed by atoms with E-state index >= 15 is 0 Å². The number of hydrogen-bond acceptors (Lipinski definition) is 4. The molecular weight excluding hydrogens is 256 g/mol. The summed E-state index contributed by atoms with van der Waals surface area (Å²) >= 11 is 2.04. The van der Waals surface area contributed by atoms with Crippen LogP contribution in [0.3, 0.4) is 0 Å². The summed E-state index contributed by atoms with van der Waals surface area (Å²) in [4.78, 5) is 2.50. The van der Waals surface area contributed by atoms with Crippen molar-refractivity contribution in [3.05, 3.63) is 29.8 Å². The van der Waals surface area contributed by atoms with E-state index in [1.54, 1.807) is 7.11 Å². The van der Waals surface area contributed by atoms with E-state index in [4.69, 9.17) is 10.5 Å². The van der Waals surface area contributed by atoms with Crippen LogP contribution in [0.5, 0.6) is 5.75 Å². The van der Waals surface area contributed by atoms with Crippen LogP contribution >= 0.6 is 11.8 Å². The van der Waals surface area contributed by atoms with Gasteiger partial charge in [0.25, 0.3) is 0 Å². The average molecular weight is 280 g/mol. The maximum atomic E-state index is 6.26. The quantitative estimate of drug-likeness (QED) is 0.920. The lowest BCUT2D eigenvalue weighted by molar-refractivity contribution is 0.181. The largest absolute Gasteiger partial charge is 0.496 e. The Hall–Kier alpha value is -0.710. The number of rotatable bonds is 4. The van der Waals surface area contributed by atoms with Crippen LogP contribution < -0.4 is 10.5 Å². The molecule has 0 aromatic heterocycles. The highest BCUT2D eigenvalue weighted by Gasteiger charge is 2.29. The summed E-state index contributed by atoms with van der Waals surface area (Å²) < 4.78 is 5.51. The van der Waals surface area contributed by atoms with Crippen LogP contribution in [0.4, 0.5) is 0 Å². The standard InChI is InChI=1S/C15H24N2OS/c1-11-10-17(8-9-19-11)15(12(2)16)13-6-4-5-7-14(13)18-3/h4-7,11-12,15H,8-10,16H2,1-3H3. The highest BCUT2D eigenvalue weighted by Crippen LogP contribution is 2.33. The molecule has 3 unspecified atom stereocenters. The van der Waals surface area contributed by atoms with Crippen molar-refractivity contribution in [3.63, 3.8) is 0 Å². The van der Waals surface area contributed by atoms with Gasteiger partial charge in [-0.1, -0.05) is 25.1 Å². The van der Waals surface area contributed by atoms with Crippen LogP contribution in [-0.2, 0) is 0 Å². The van der Waals surface area contributed by atoms with Crippen LogP contribution in [0.2, 0.25) is 0 Å². The van der Waals surface area contributed by atoms with Gasteiger partial charge in [-0.2, -0.15) is 11.8 Å². The first-order valence-electron chi connectivity index (χ1n) is 6.87. The van der Waals surface area contributed by atoms with Crippen molar-refractivity contribution in [2.75, 3.05) is 26.0 Å². The highest BCUT2D eigenvalue weighted by atomic mass is 32.2. The number of methoxy groups -OCH3 is 1. The molecule has 3 nitrogen and oxygen atoms in total. The fourth-order valence-corrected chi connectivity index (χ4v) is 3.86. The molecule has 1 fully saturated rings. The van der Waals surface area contributed by atoms with Crippen LogP contribution in [-0.4, -0.2) is 42.1 Å². The minimum atomic E-state index is 0.0894. The molecule has 0 aliphatic carbocycles. The molecule has 0 bridgehead atoms. The van der Waals surface area contributed by atoms with Gasteiger partial charge in [0, 0.05) is 35.7 Å². The van der Waals surface area contributed by atoms with E-state index in [0.29, 0.717) is 5.25 Å². The molecule has 1 aromatic rings. The van der Waals surface area contributed by atoms with Crippen LogP contribution in [0.1, 0.15) is 25.5 Å². The number of ether oxygens (including phenoxy) is 1. The fraction of sp³-hybridized carbons (Fsp3) is 0.600. The number of para-hydroxylation sites is 1. The van der Waals surface area contributed by atoms with Gasteiger partial charge in [-0.3, -0.25) is 4.90 Å². The Morgan fingerprint density at radius 1 is 1.42 bits per heavy atom. The Morgan fingerprint density at radius 3 is 2.79 bits per heavy atom. The topological polar surface area (TPSA) is 38.5 Å². The van der Waals surface area contributed by atoms with Gasteiger partial charge in [0.05, 0.1) is 13.2 Å². The van der Waals surface area contributed by atoms with Crippen LogP contribution in [0.25, 0.3) is 0 Å². The predicted octanol–water partition coefficient (Wildman–Crippen LogP) is 2.52. The average Bonchev–Trinajstić information content (AvgIpc) is 2.39. The first kappa shape index (κ1) is 14.7. The van der Waals surface area contributed by atoms with E-state index in [9.17, 15) is 0 Å². The van der Waals surface area contributed by atoms with E-state index in [2.05, 4.69) is 30.9 Å². The summed E-state index contributed by atoms with van der Waals surface area (Å²) in [6, 6.07) is 8.56. The molecule has 1 aromatic carbocycles. The van der Waals surface area contributed by atoms with E-state index in [1.807, 2.05) is 23.9 Å². The zero-order valence-corrected chi connectivity index (χ0v) is 12.8. The zero-order chi connectivity index (χ0) is 13.8. The van der Waals surface area contributed by atoms with Crippen molar-refractivity contribution in [1.29, 1.82) is 0 Å². The van der Waals surface area contributed by atoms with Gasteiger partial charge < -0.3 is 10.5 Å². The van der Waals surface area contributed by atoms with Gasteiger partial charge in [0.15, 0.2) is 0 Å². The molecule has 0 radical (unpaired) electrons. The van der Waals surface area contributed by atoms with E-state index in [1.165, 1.54) is 11.3 Å². The SMILES string of the molecule is COc1ccccc1C(C(C)N)N1CCSC(C)C1. The Labute approximate surface area is 120 Å². The molecular formula is C15H24N2OS. The molecule has 0 saturated carbocycles. The Morgan fingerprint density at radius 2 is 2.16 bits per heavy atom. The summed E-state index contributed by atoms with van der Waals surface area (Å²) in [6.45, 7) is 6.56. The molecule has 0 spiro atoms. The van der Waals surface area contributed by atoms with Crippen LogP contribution in [0, 0.1) is 0 Å². The number of hydrogen-bond donors (Lipinski definition) is 1. The van der Waals surface area contributed by atoms with Crippen molar-refractivity contribution in [3.8, 4) is 5.75 Å². The summed E-state index contributed by atoms with van der Waals surface area (Å²) in [7, 11) is 1.73. The van der Waals surface area contributed by atoms with Gasteiger partial charge in [0.1, 0.15) is 5.75 Å². The first-order chi connectivity index (χ1) is 9.13. The van der Waals surface area contributed by atoms with E-state index in [0.717, 1.165) is 18.8 Å². The minimum Gasteiger partial charge on any atom is -0.496 e. The minimum absolute atomic E-state index is 0.0894. The fourth-order valence-electron chi connectivity index (χ4n) is 2.82. The predicted molar refractivity (Wildman–Crippen MR) is 82.9 cm³/mol.